The summed E-state index contributed by atoms with van der Waals surface area (Å²) in [5.74, 6) is 0.0532. The van der Waals surface area contributed by atoms with Crippen molar-refractivity contribution < 1.29 is 9.90 Å². The van der Waals surface area contributed by atoms with Crippen molar-refractivity contribution in [2.45, 2.75) is 25.8 Å². The van der Waals surface area contributed by atoms with Crippen LogP contribution in [0.4, 0.5) is 0 Å². The number of pyridine rings is 1. The smallest absolute Gasteiger partial charge is 0.276 e. The molecule has 1 fully saturated rings. The molecule has 1 saturated heterocycles. The number of nitrogens with two attached hydrogens (primary N) is 1. The van der Waals surface area contributed by atoms with Crippen LogP contribution < -0.4 is 5.73 Å². The number of aromatic nitrogens is 1. The van der Waals surface area contributed by atoms with E-state index in [0.717, 1.165) is 12.8 Å². The first-order valence-corrected chi connectivity index (χ1v) is 6.32. The van der Waals surface area contributed by atoms with Gasteiger partial charge in [0.1, 0.15) is 5.75 Å². The van der Waals surface area contributed by atoms with Crippen LogP contribution in [0.5, 0.6) is 5.75 Å². The number of aromatic hydroxyl groups is 1. The van der Waals surface area contributed by atoms with Crippen LogP contribution in [0.3, 0.4) is 0 Å². The second kappa shape index (κ2) is 5.35. The molecular formula is C13H19N3O2. The number of carbonyl (C=O) groups excluding carboxylic acids is 1. The molecule has 98 valence electrons. The summed E-state index contributed by atoms with van der Waals surface area (Å²) in [7, 11) is 0. The van der Waals surface area contributed by atoms with E-state index >= 15 is 0 Å². The van der Waals surface area contributed by atoms with Crippen LogP contribution in [-0.2, 0) is 0 Å². The second-order valence-corrected chi connectivity index (χ2v) is 4.74. The van der Waals surface area contributed by atoms with Gasteiger partial charge < -0.3 is 15.7 Å². The molecule has 0 bridgehead atoms. The van der Waals surface area contributed by atoms with Crippen molar-refractivity contribution in [1.29, 1.82) is 0 Å². The first-order chi connectivity index (χ1) is 8.63. The Kier molecular flexibility index (Phi) is 3.81. The summed E-state index contributed by atoms with van der Waals surface area (Å²) in [5.41, 5.74) is 6.15. The first kappa shape index (κ1) is 12.8. The Labute approximate surface area is 107 Å². The quantitative estimate of drug-likeness (QED) is 0.819. The van der Waals surface area contributed by atoms with Gasteiger partial charge in [0.2, 0.25) is 0 Å². The topological polar surface area (TPSA) is 79.5 Å². The molecule has 2 unspecified atom stereocenters. The maximum Gasteiger partial charge on any atom is 0.276 e. The van der Waals surface area contributed by atoms with Gasteiger partial charge in [-0.25, -0.2) is 4.98 Å². The highest BCUT2D eigenvalue weighted by atomic mass is 16.3. The zero-order valence-electron chi connectivity index (χ0n) is 10.5. The van der Waals surface area contributed by atoms with Crippen molar-refractivity contribution in [3.05, 3.63) is 24.0 Å². The van der Waals surface area contributed by atoms with Crippen molar-refractivity contribution in [3.8, 4) is 5.75 Å². The van der Waals surface area contributed by atoms with Gasteiger partial charge in [0, 0.05) is 25.3 Å². The lowest BCUT2D eigenvalue weighted by atomic mass is 9.90. The van der Waals surface area contributed by atoms with Crippen LogP contribution in [0.1, 0.15) is 30.3 Å². The Morgan fingerprint density at radius 3 is 3.11 bits per heavy atom. The average Bonchev–Trinajstić information content (AvgIpc) is 2.39. The molecule has 2 atom stereocenters. The Bertz CT molecular complexity index is 436. The molecule has 18 heavy (non-hydrogen) atoms. The molecule has 5 nitrogen and oxygen atoms in total. The molecule has 1 aromatic heterocycles. The number of piperidine rings is 1. The summed E-state index contributed by atoms with van der Waals surface area (Å²) < 4.78 is 0. The van der Waals surface area contributed by atoms with Crippen molar-refractivity contribution >= 4 is 5.91 Å². The van der Waals surface area contributed by atoms with Gasteiger partial charge in [-0.05, 0) is 24.5 Å². The zero-order chi connectivity index (χ0) is 13.1. The molecule has 1 aliphatic rings. The molecular weight excluding hydrogens is 230 g/mol. The van der Waals surface area contributed by atoms with E-state index in [9.17, 15) is 9.90 Å². The molecule has 2 rings (SSSR count). The predicted molar refractivity (Wildman–Crippen MR) is 68.2 cm³/mol. The lowest BCUT2D eigenvalue weighted by Crippen LogP contribution is -2.49. The number of amides is 1. The standard InChI is InChI=1S/C13H19N3O2/c1-2-9-8-16(7-5-10(9)14)13(18)12-11(17)4-3-6-15-12/h3-4,6,9-10,17H,2,5,7-8,14H2,1H3. The van der Waals surface area contributed by atoms with Crippen LogP contribution in [0.2, 0.25) is 0 Å². The normalized spacial score (nSPS) is 24.0. The van der Waals surface area contributed by atoms with E-state index in [-0.39, 0.29) is 23.4 Å². The molecule has 5 heteroatoms. The molecule has 1 aromatic rings. The largest absolute Gasteiger partial charge is 0.505 e. The summed E-state index contributed by atoms with van der Waals surface area (Å²) in [6.07, 6.45) is 3.27. The van der Waals surface area contributed by atoms with E-state index in [1.165, 1.54) is 12.3 Å². The summed E-state index contributed by atoms with van der Waals surface area (Å²) in [6, 6.07) is 3.25. The van der Waals surface area contributed by atoms with E-state index < -0.39 is 0 Å². The average molecular weight is 249 g/mol. The van der Waals surface area contributed by atoms with Crippen molar-refractivity contribution in [2.24, 2.45) is 11.7 Å². The lowest BCUT2D eigenvalue weighted by molar-refractivity contribution is 0.0640. The Hall–Kier alpha value is -1.62. The van der Waals surface area contributed by atoms with Crippen LogP contribution in [0, 0.1) is 5.92 Å². The predicted octanol–water partition coefficient (Wildman–Crippen LogP) is 0.987. The fourth-order valence-corrected chi connectivity index (χ4v) is 2.38. The summed E-state index contributed by atoms with van der Waals surface area (Å²) in [6.45, 7) is 3.36. The molecule has 2 heterocycles. The number of nitrogens with zero attached hydrogens (tertiary/aromatic N) is 2. The third-order valence-corrected chi connectivity index (χ3v) is 3.59. The highest BCUT2D eigenvalue weighted by molar-refractivity contribution is 5.94. The summed E-state index contributed by atoms with van der Waals surface area (Å²) in [5, 5.41) is 9.65. The van der Waals surface area contributed by atoms with Crippen molar-refractivity contribution in [2.75, 3.05) is 13.1 Å². The maximum absolute atomic E-state index is 12.3. The second-order valence-electron chi connectivity index (χ2n) is 4.74. The Morgan fingerprint density at radius 1 is 1.67 bits per heavy atom. The van der Waals surface area contributed by atoms with Crippen LogP contribution >= 0.6 is 0 Å². The third-order valence-electron chi connectivity index (χ3n) is 3.59. The van der Waals surface area contributed by atoms with Gasteiger partial charge in [-0.2, -0.15) is 0 Å². The number of hydrogen-bond acceptors (Lipinski definition) is 4. The Balaban J connectivity index is 2.13. The van der Waals surface area contributed by atoms with E-state index in [0.29, 0.717) is 19.0 Å². The molecule has 0 spiro atoms. The van der Waals surface area contributed by atoms with Gasteiger partial charge in [-0.3, -0.25) is 4.79 Å². The molecule has 1 aliphatic heterocycles. The number of likely N-dealkylation sites (tertiary alicyclic amines) is 1. The van der Waals surface area contributed by atoms with Gasteiger partial charge >= 0.3 is 0 Å². The van der Waals surface area contributed by atoms with Crippen LogP contribution in [0.15, 0.2) is 18.3 Å². The van der Waals surface area contributed by atoms with Crippen LogP contribution in [0.25, 0.3) is 0 Å². The molecule has 0 saturated carbocycles. The lowest BCUT2D eigenvalue weighted by Gasteiger charge is -2.36. The molecule has 1 amide bonds. The van der Waals surface area contributed by atoms with E-state index in [1.807, 2.05) is 0 Å². The Morgan fingerprint density at radius 2 is 2.44 bits per heavy atom. The number of rotatable bonds is 2. The third kappa shape index (κ3) is 2.46. The first-order valence-electron chi connectivity index (χ1n) is 6.32. The van der Waals surface area contributed by atoms with Gasteiger partial charge in [-0.1, -0.05) is 13.3 Å². The van der Waals surface area contributed by atoms with E-state index in [2.05, 4.69) is 11.9 Å². The number of carbonyl (C=O) groups is 1. The molecule has 0 radical (unpaired) electrons. The minimum Gasteiger partial charge on any atom is -0.505 e. The minimum absolute atomic E-state index is 0.0644. The minimum atomic E-state index is -0.210. The van der Waals surface area contributed by atoms with Crippen molar-refractivity contribution in [3.63, 3.8) is 0 Å². The van der Waals surface area contributed by atoms with Crippen molar-refractivity contribution in [1.82, 2.24) is 9.88 Å². The summed E-state index contributed by atoms with van der Waals surface area (Å²) >= 11 is 0. The number of hydrogen-bond donors (Lipinski definition) is 2. The fraction of sp³-hybridized carbons (Fsp3) is 0.538. The fourth-order valence-electron chi connectivity index (χ4n) is 2.38. The SMILES string of the molecule is CCC1CN(C(=O)c2ncccc2O)CCC1N. The van der Waals surface area contributed by atoms with Gasteiger partial charge in [0.25, 0.3) is 5.91 Å². The molecule has 0 aromatic carbocycles. The van der Waals surface area contributed by atoms with Gasteiger partial charge in [0.05, 0.1) is 0 Å². The van der Waals surface area contributed by atoms with Gasteiger partial charge in [-0.15, -0.1) is 0 Å². The molecule has 3 N–H and O–H groups in total. The van der Waals surface area contributed by atoms with E-state index in [1.54, 1.807) is 11.0 Å². The monoisotopic (exact) mass is 249 g/mol. The van der Waals surface area contributed by atoms with E-state index in [4.69, 9.17) is 5.73 Å². The van der Waals surface area contributed by atoms with Crippen LogP contribution in [-0.4, -0.2) is 40.0 Å². The highest BCUT2D eigenvalue weighted by Gasteiger charge is 2.29. The molecule has 0 aliphatic carbocycles. The van der Waals surface area contributed by atoms with Gasteiger partial charge in [0.15, 0.2) is 5.69 Å². The zero-order valence-corrected chi connectivity index (χ0v) is 10.5. The highest BCUT2D eigenvalue weighted by Crippen LogP contribution is 2.22. The summed E-state index contributed by atoms with van der Waals surface area (Å²) in [4.78, 5) is 17.9. The maximum atomic E-state index is 12.3.